The number of hydrogen-bond acceptors (Lipinski definition) is 5. The second kappa shape index (κ2) is 5.75. The van der Waals surface area contributed by atoms with E-state index in [0.717, 1.165) is 23.8 Å². The second-order valence-corrected chi connectivity index (χ2v) is 4.72. The van der Waals surface area contributed by atoms with E-state index in [1.165, 1.54) is 18.2 Å². The number of carbonyl (C=O) groups is 2. The number of rotatable bonds is 2. The summed E-state index contributed by atoms with van der Waals surface area (Å²) < 4.78 is 18.3. The van der Waals surface area contributed by atoms with Gasteiger partial charge in [0, 0.05) is 0 Å². The molecule has 2 rings (SSSR count). The van der Waals surface area contributed by atoms with Crippen molar-refractivity contribution in [2.24, 2.45) is 0 Å². The molecule has 5 nitrogen and oxygen atoms in total. The molecule has 1 aromatic carbocycles. The minimum absolute atomic E-state index is 0.00848. The molecule has 0 spiro atoms. The number of benzene rings is 1. The van der Waals surface area contributed by atoms with Gasteiger partial charge in [0.05, 0.1) is 18.6 Å². The van der Waals surface area contributed by atoms with Gasteiger partial charge in [0.15, 0.2) is 5.57 Å². The fourth-order valence-electron chi connectivity index (χ4n) is 1.72. The minimum Gasteiger partial charge on any atom is -0.465 e. The van der Waals surface area contributed by atoms with E-state index in [0.29, 0.717) is 0 Å². The van der Waals surface area contributed by atoms with Crippen LogP contribution in [0.5, 0.6) is 0 Å². The lowest BCUT2D eigenvalue weighted by molar-refractivity contribution is -0.135. The average Bonchev–Trinajstić information content (AvgIpc) is 2.82. The van der Waals surface area contributed by atoms with Gasteiger partial charge >= 0.3 is 5.97 Å². The highest BCUT2D eigenvalue weighted by atomic mass is 32.2. The third kappa shape index (κ3) is 2.38. The van der Waals surface area contributed by atoms with Gasteiger partial charge in [-0.15, -0.1) is 0 Å². The van der Waals surface area contributed by atoms with Crippen molar-refractivity contribution in [1.82, 2.24) is 0 Å². The van der Waals surface area contributed by atoms with E-state index in [1.54, 1.807) is 12.1 Å². The van der Waals surface area contributed by atoms with E-state index in [1.807, 2.05) is 0 Å². The summed E-state index contributed by atoms with van der Waals surface area (Å²) in [5, 5.41) is 9.15. The van der Waals surface area contributed by atoms with Crippen molar-refractivity contribution in [3.63, 3.8) is 0 Å². The molecule has 1 heterocycles. The maximum atomic E-state index is 13.8. The summed E-state index contributed by atoms with van der Waals surface area (Å²) in [6, 6.07) is 7.37. The SMILES string of the molecule is COC(=O)/C(C#N)=C1\SCC(=O)N1c1ccccc1F. The Kier molecular flexibility index (Phi) is 4.05. The Morgan fingerprint density at radius 3 is 2.80 bits per heavy atom. The van der Waals surface area contributed by atoms with E-state index in [2.05, 4.69) is 4.74 Å². The number of nitrogens with zero attached hydrogens (tertiary/aromatic N) is 2. The van der Waals surface area contributed by atoms with Crippen LogP contribution in [-0.4, -0.2) is 24.7 Å². The molecule has 20 heavy (non-hydrogen) atoms. The number of halogens is 1. The van der Waals surface area contributed by atoms with E-state index < -0.39 is 17.7 Å². The highest BCUT2D eigenvalue weighted by molar-refractivity contribution is 8.04. The first kappa shape index (κ1) is 14.1. The molecule has 1 fully saturated rings. The number of nitriles is 1. The van der Waals surface area contributed by atoms with Gasteiger partial charge in [0.25, 0.3) is 0 Å². The first-order valence-corrected chi connectivity index (χ1v) is 6.51. The van der Waals surface area contributed by atoms with Crippen LogP contribution >= 0.6 is 11.8 Å². The van der Waals surface area contributed by atoms with Crippen LogP contribution in [0.4, 0.5) is 10.1 Å². The van der Waals surface area contributed by atoms with Gasteiger partial charge in [-0.25, -0.2) is 9.18 Å². The van der Waals surface area contributed by atoms with Crippen molar-refractivity contribution >= 4 is 29.3 Å². The van der Waals surface area contributed by atoms with Gasteiger partial charge in [0.2, 0.25) is 5.91 Å². The number of para-hydroxylation sites is 1. The molecule has 1 aromatic rings. The number of hydrogen-bond donors (Lipinski definition) is 0. The van der Waals surface area contributed by atoms with Crippen LogP contribution in [0.3, 0.4) is 0 Å². The van der Waals surface area contributed by atoms with E-state index in [-0.39, 0.29) is 22.0 Å². The van der Waals surface area contributed by atoms with Crippen molar-refractivity contribution in [2.75, 3.05) is 17.8 Å². The molecule has 1 aliphatic heterocycles. The Balaban J connectivity index is 2.58. The zero-order valence-electron chi connectivity index (χ0n) is 10.4. The zero-order valence-corrected chi connectivity index (χ0v) is 11.2. The molecule has 0 atom stereocenters. The topological polar surface area (TPSA) is 70.4 Å². The minimum atomic E-state index is -0.856. The predicted octanol–water partition coefficient (Wildman–Crippen LogP) is 1.81. The fraction of sp³-hybridized carbons (Fsp3) is 0.154. The lowest BCUT2D eigenvalue weighted by Crippen LogP contribution is -2.26. The van der Waals surface area contributed by atoms with Gasteiger partial charge in [0.1, 0.15) is 16.9 Å². The molecule has 1 saturated heterocycles. The summed E-state index contributed by atoms with van der Waals surface area (Å²) in [6.45, 7) is 0. The lowest BCUT2D eigenvalue weighted by Gasteiger charge is -2.18. The van der Waals surface area contributed by atoms with E-state index >= 15 is 0 Å². The molecular weight excluding hydrogens is 283 g/mol. The first-order chi connectivity index (χ1) is 9.60. The Morgan fingerprint density at radius 2 is 2.20 bits per heavy atom. The molecule has 0 aromatic heterocycles. The lowest BCUT2D eigenvalue weighted by atomic mass is 10.2. The number of esters is 1. The molecule has 0 N–H and O–H groups in total. The Labute approximate surface area is 118 Å². The standard InChI is InChI=1S/C13H9FN2O3S/c1-19-13(18)8(6-15)12-16(11(17)7-20-12)10-5-3-2-4-9(10)14/h2-5H,7H2,1H3/b12-8-. The highest BCUT2D eigenvalue weighted by Crippen LogP contribution is 2.37. The van der Waals surface area contributed by atoms with Crippen LogP contribution in [0, 0.1) is 17.1 Å². The molecular formula is C13H9FN2O3S. The molecule has 0 aliphatic carbocycles. The van der Waals surface area contributed by atoms with Gasteiger partial charge in [-0.05, 0) is 12.1 Å². The van der Waals surface area contributed by atoms with Gasteiger partial charge in [-0.1, -0.05) is 23.9 Å². The Hall–Kier alpha value is -2.33. The number of ether oxygens (including phenoxy) is 1. The largest absolute Gasteiger partial charge is 0.465 e. The molecule has 0 radical (unpaired) electrons. The second-order valence-electron chi connectivity index (χ2n) is 3.75. The van der Waals surface area contributed by atoms with Crippen molar-refractivity contribution in [3.8, 4) is 6.07 Å². The van der Waals surface area contributed by atoms with Crippen molar-refractivity contribution in [2.45, 2.75) is 0 Å². The normalized spacial score (nSPS) is 16.9. The van der Waals surface area contributed by atoms with Crippen LogP contribution in [0.25, 0.3) is 0 Å². The smallest absolute Gasteiger partial charge is 0.351 e. The fourth-order valence-corrected chi connectivity index (χ4v) is 2.71. The van der Waals surface area contributed by atoms with Crippen LogP contribution in [0.15, 0.2) is 34.9 Å². The Bertz CT molecular complexity index is 651. The number of anilines is 1. The van der Waals surface area contributed by atoms with Crippen molar-refractivity contribution in [3.05, 3.63) is 40.7 Å². The van der Waals surface area contributed by atoms with Crippen LogP contribution < -0.4 is 4.90 Å². The summed E-state index contributed by atoms with van der Waals surface area (Å²) in [7, 11) is 1.13. The number of carbonyl (C=O) groups excluding carboxylic acids is 2. The van der Waals surface area contributed by atoms with Gasteiger partial charge < -0.3 is 4.74 Å². The molecule has 0 saturated carbocycles. The zero-order chi connectivity index (χ0) is 14.7. The van der Waals surface area contributed by atoms with Gasteiger partial charge in [-0.2, -0.15) is 5.26 Å². The molecule has 1 aliphatic rings. The quantitative estimate of drug-likeness (QED) is 0.472. The summed E-state index contributed by atoms with van der Waals surface area (Å²) in [6.07, 6.45) is 0. The number of thioether (sulfide) groups is 1. The van der Waals surface area contributed by atoms with Gasteiger partial charge in [-0.3, -0.25) is 9.69 Å². The third-order valence-electron chi connectivity index (χ3n) is 2.59. The predicted molar refractivity (Wildman–Crippen MR) is 71.0 cm³/mol. The molecule has 7 heteroatoms. The van der Waals surface area contributed by atoms with Crippen molar-refractivity contribution in [1.29, 1.82) is 5.26 Å². The number of amides is 1. The highest BCUT2D eigenvalue weighted by Gasteiger charge is 2.34. The summed E-state index contributed by atoms with van der Waals surface area (Å²) in [5.41, 5.74) is -0.305. The van der Waals surface area contributed by atoms with Crippen LogP contribution in [0.1, 0.15) is 0 Å². The molecule has 102 valence electrons. The summed E-state index contributed by atoms with van der Waals surface area (Å²) in [4.78, 5) is 24.5. The molecule has 0 unspecified atom stereocenters. The summed E-state index contributed by atoms with van der Waals surface area (Å²) in [5.74, 6) is -1.83. The first-order valence-electron chi connectivity index (χ1n) is 5.53. The van der Waals surface area contributed by atoms with E-state index in [9.17, 15) is 14.0 Å². The average molecular weight is 292 g/mol. The Morgan fingerprint density at radius 1 is 1.50 bits per heavy atom. The van der Waals surface area contributed by atoms with E-state index in [4.69, 9.17) is 5.26 Å². The van der Waals surface area contributed by atoms with Crippen molar-refractivity contribution < 1.29 is 18.7 Å². The van der Waals surface area contributed by atoms with Crippen LogP contribution in [-0.2, 0) is 14.3 Å². The maximum Gasteiger partial charge on any atom is 0.351 e. The third-order valence-corrected chi connectivity index (χ3v) is 3.64. The maximum absolute atomic E-state index is 13.8. The molecule has 1 amide bonds. The monoisotopic (exact) mass is 292 g/mol. The number of methoxy groups -OCH3 is 1. The summed E-state index contributed by atoms with van der Waals surface area (Å²) >= 11 is 1.00. The molecule has 0 bridgehead atoms. The van der Waals surface area contributed by atoms with Crippen LogP contribution in [0.2, 0.25) is 0 Å².